The highest BCUT2D eigenvalue weighted by Gasteiger charge is 2.29. The van der Waals surface area contributed by atoms with Crippen LogP contribution in [-0.4, -0.2) is 43.2 Å². The Morgan fingerprint density at radius 1 is 1.29 bits per heavy atom. The van der Waals surface area contributed by atoms with Gasteiger partial charge < -0.3 is 4.90 Å². The van der Waals surface area contributed by atoms with Gasteiger partial charge >= 0.3 is 0 Å². The third kappa shape index (κ3) is 2.47. The molecule has 0 spiro atoms. The lowest BCUT2D eigenvalue weighted by atomic mass is 10.0. The molecule has 0 radical (unpaired) electrons. The summed E-state index contributed by atoms with van der Waals surface area (Å²) >= 11 is 1.22. The van der Waals surface area contributed by atoms with Gasteiger partial charge in [-0.2, -0.15) is 9.61 Å². The molecule has 6 nitrogen and oxygen atoms in total. The Balaban J connectivity index is 1.72. The summed E-state index contributed by atoms with van der Waals surface area (Å²) in [5.41, 5.74) is 0.401. The van der Waals surface area contributed by atoms with Crippen LogP contribution in [0.4, 0.5) is 4.39 Å². The largest absolute Gasteiger partial charge is 0.333 e. The third-order valence-electron chi connectivity index (χ3n) is 4.35. The lowest BCUT2D eigenvalue weighted by Gasteiger charge is -2.32. The standard InChI is InChI=1S/C16H16FN5OS/c1-10-6-4-5-9-21(10)15(23)13-18-19-16-22(13)20-14(24-16)11-7-2-3-8-12(11)17/h2-3,7-8,10H,4-6,9H2,1H3/t10-/m1/s1. The number of likely N-dealkylation sites (tertiary alicyclic amines) is 1. The van der Waals surface area contributed by atoms with E-state index in [9.17, 15) is 9.18 Å². The van der Waals surface area contributed by atoms with Gasteiger partial charge in [0.15, 0.2) is 5.01 Å². The minimum atomic E-state index is -0.347. The highest BCUT2D eigenvalue weighted by Crippen LogP contribution is 2.28. The van der Waals surface area contributed by atoms with Gasteiger partial charge in [-0.25, -0.2) is 4.39 Å². The van der Waals surface area contributed by atoms with Crippen molar-refractivity contribution in [3.8, 4) is 10.6 Å². The zero-order valence-corrected chi connectivity index (χ0v) is 14.0. The first-order chi connectivity index (χ1) is 11.6. The van der Waals surface area contributed by atoms with Gasteiger partial charge in [0.2, 0.25) is 10.8 Å². The molecule has 0 aliphatic carbocycles. The van der Waals surface area contributed by atoms with E-state index in [0.29, 0.717) is 15.5 Å². The molecule has 1 fully saturated rings. The average molecular weight is 345 g/mol. The lowest BCUT2D eigenvalue weighted by molar-refractivity contribution is 0.0620. The van der Waals surface area contributed by atoms with E-state index in [1.165, 1.54) is 21.9 Å². The van der Waals surface area contributed by atoms with Crippen LogP contribution in [-0.2, 0) is 0 Å². The molecule has 1 saturated heterocycles. The van der Waals surface area contributed by atoms with Crippen LogP contribution in [0.2, 0.25) is 0 Å². The van der Waals surface area contributed by atoms with E-state index in [2.05, 4.69) is 15.3 Å². The van der Waals surface area contributed by atoms with E-state index in [1.54, 1.807) is 18.2 Å². The van der Waals surface area contributed by atoms with E-state index < -0.39 is 0 Å². The summed E-state index contributed by atoms with van der Waals surface area (Å²) < 4.78 is 15.4. The number of amides is 1. The highest BCUT2D eigenvalue weighted by atomic mass is 32.1. The van der Waals surface area contributed by atoms with Crippen LogP contribution in [0.15, 0.2) is 24.3 Å². The number of nitrogens with zero attached hydrogens (tertiary/aromatic N) is 5. The Hall–Kier alpha value is -2.35. The van der Waals surface area contributed by atoms with E-state index in [0.717, 1.165) is 25.8 Å². The van der Waals surface area contributed by atoms with Gasteiger partial charge in [-0.05, 0) is 38.3 Å². The number of hydrogen-bond donors (Lipinski definition) is 0. The van der Waals surface area contributed by atoms with Crippen LogP contribution in [0.1, 0.15) is 36.8 Å². The summed E-state index contributed by atoms with van der Waals surface area (Å²) in [5.74, 6) is -0.322. The summed E-state index contributed by atoms with van der Waals surface area (Å²) in [6.07, 6.45) is 3.12. The number of benzene rings is 1. The predicted octanol–water partition coefficient (Wildman–Crippen LogP) is 3.01. The van der Waals surface area contributed by atoms with Crippen LogP contribution in [0.5, 0.6) is 0 Å². The molecule has 1 aromatic carbocycles. The number of aromatic nitrogens is 4. The second-order valence-corrected chi connectivity index (χ2v) is 6.90. The second kappa shape index (κ2) is 5.94. The normalized spacial score (nSPS) is 18.2. The van der Waals surface area contributed by atoms with E-state index in [4.69, 9.17) is 0 Å². The van der Waals surface area contributed by atoms with Gasteiger partial charge in [0.05, 0.1) is 0 Å². The Morgan fingerprint density at radius 3 is 2.92 bits per heavy atom. The van der Waals surface area contributed by atoms with E-state index in [1.807, 2.05) is 11.8 Å². The Morgan fingerprint density at radius 2 is 2.12 bits per heavy atom. The molecule has 24 heavy (non-hydrogen) atoms. The van der Waals surface area contributed by atoms with E-state index >= 15 is 0 Å². The van der Waals surface area contributed by atoms with Crippen LogP contribution >= 0.6 is 11.3 Å². The fourth-order valence-electron chi connectivity index (χ4n) is 3.02. The zero-order chi connectivity index (χ0) is 16.7. The van der Waals surface area contributed by atoms with Crippen molar-refractivity contribution in [1.82, 2.24) is 24.7 Å². The summed E-state index contributed by atoms with van der Waals surface area (Å²) in [6.45, 7) is 2.76. The van der Waals surface area contributed by atoms with Gasteiger partial charge in [0.25, 0.3) is 5.91 Å². The average Bonchev–Trinajstić information content (AvgIpc) is 3.15. The van der Waals surface area contributed by atoms with Crippen molar-refractivity contribution in [1.29, 1.82) is 0 Å². The molecular formula is C16H16FN5OS. The quantitative estimate of drug-likeness (QED) is 0.716. The SMILES string of the molecule is C[C@@H]1CCCCN1C(=O)c1nnc2sc(-c3ccccc3F)nn12. The maximum absolute atomic E-state index is 14.0. The fraction of sp³-hybridized carbons (Fsp3) is 0.375. The molecule has 0 saturated carbocycles. The van der Waals surface area contributed by atoms with Crippen molar-refractivity contribution in [2.24, 2.45) is 0 Å². The molecule has 0 unspecified atom stereocenters. The number of rotatable bonds is 2. The van der Waals surface area contributed by atoms with Crippen molar-refractivity contribution in [2.45, 2.75) is 32.2 Å². The topological polar surface area (TPSA) is 63.4 Å². The molecule has 1 aliphatic rings. The van der Waals surface area contributed by atoms with Gasteiger partial charge in [0.1, 0.15) is 5.82 Å². The maximum Gasteiger partial charge on any atom is 0.293 e. The minimum Gasteiger partial charge on any atom is -0.333 e. The molecule has 8 heteroatoms. The van der Waals surface area contributed by atoms with Crippen molar-refractivity contribution < 1.29 is 9.18 Å². The summed E-state index contributed by atoms with van der Waals surface area (Å²) in [7, 11) is 0. The summed E-state index contributed by atoms with van der Waals surface area (Å²) in [5, 5.41) is 12.9. The molecule has 1 aliphatic heterocycles. The third-order valence-corrected chi connectivity index (χ3v) is 5.28. The Labute approximate surface area is 141 Å². The molecular weight excluding hydrogens is 329 g/mol. The van der Waals surface area contributed by atoms with Gasteiger partial charge in [-0.1, -0.05) is 23.5 Å². The summed E-state index contributed by atoms with van der Waals surface area (Å²) in [6, 6.07) is 6.62. The number of carbonyl (C=O) groups is 1. The summed E-state index contributed by atoms with van der Waals surface area (Å²) in [4.78, 5) is 15.1. The molecule has 0 bridgehead atoms. The van der Waals surface area contributed by atoms with Crippen LogP contribution in [0, 0.1) is 5.82 Å². The number of carbonyl (C=O) groups excluding carboxylic acids is 1. The smallest absolute Gasteiger partial charge is 0.293 e. The number of hydrogen-bond acceptors (Lipinski definition) is 5. The molecule has 1 amide bonds. The molecule has 2 aromatic heterocycles. The van der Waals surface area contributed by atoms with Crippen molar-refractivity contribution in [3.63, 3.8) is 0 Å². The molecule has 0 N–H and O–H groups in total. The van der Waals surface area contributed by atoms with Crippen molar-refractivity contribution in [3.05, 3.63) is 35.9 Å². The van der Waals surface area contributed by atoms with E-state index in [-0.39, 0.29) is 23.6 Å². The van der Waals surface area contributed by atoms with Gasteiger partial charge in [-0.3, -0.25) is 4.79 Å². The van der Waals surface area contributed by atoms with Crippen molar-refractivity contribution >= 4 is 22.2 Å². The second-order valence-electron chi connectivity index (χ2n) is 5.95. The van der Waals surface area contributed by atoms with Crippen LogP contribution in [0.3, 0.4) is 0 Å². The minimum absolute atomic E-state index is 0.167. The first kappa shape index (κ1) is 15.2. The number of fused-ring (bicyclic) bond motifs is 1. The zero-order valence-electron chi connectivity index (χ0n) is 13.1. The lowest BCUT2D eigenvalue weighted by Crippen LogP contribution is -2.42. The van der Waals surface area contributed by atoms with Crippen LogP contribution in [0.25, 0.3) is 15.5 Å². The number of piperidine rings is 1. The fourth-order valence-corrected chi connectivity index (χ4v) is 3.89. The first-order valence-electron chi connectivity index (χ1n) is 7.93. The molecule has 3 heterocycles. The van der Waals surface area contributed by atoms with Gasteiger partial charge in [0, 0.05) is 18.2 Å². The molecule has 3 aromatic rings. The Kier molecular flexibility index (Phi) is 3.76. The first-order valence-corrected chi connectivity index (χ1v) is 8.75. The number of halogens is 1. The Bertz CT molecular complexity index is 905. The monoisotopic (exact) mass is 345 g/mol. The molecule has 124 valence electrons. The maximum atomic E-state index is 14.0. The predicted molar refractivity (Wildman–Crippen MR) is 88.4 cm³/mol. The van der Waals surface area contributed by atoms with Crippen molar-refractivity contribution in [2.75, 3.05) is 6.54 Å². The van der Waals surface area contributed by atoms with Crippen LogP contribution < -0.4 is 0 Å². The molecule has 1 atom stereocenters. The molecule has 4 rings (SSSR count). The van der Waals surface area contributed by atoms with Gasteiger partial charge in [-0.15, -0.1) is 10.2 Å². The highest BCUT2D eigenvalue weighted by molar-refractivity contribution is 7.19.